The third-order valence-electron chi connectivity index (χ3n) is 6.21. The fourth-order valence-corrected chi connectivity index (χ4v) is 4.52. The van der Waals surface area contributed by atoms with E-state index in [4.69, 9.17) is 14.5 Å². The number of phenols is 1. The van der Waals surface area contributed by atoms with Gasteiger partial charge in [0.1, 0.15) is 11.4 Å². The SMILES string of the molecule is CCOc1ccc(C2=NC3(CCN(C)CC3)N[C@H](c3cccc(OCC)c3O)C2)cc1. The molecule has 2 aliphatic heterocycles. The van der Waals surface area contributed by atoms with Crippen molar-refractivity contribution in [3.8, 4) is 17.2 Å². The maximum atomic E-state index is 10.9. The van der Waals surface area contributed by atoms with E-state index in [0.717, 1.165) is 48.5 Å². The minimum atomic E-state index is -0.322. The van der Waals surface area contributed by atoms with Crippen LogP contribution in [0, 0.1) is 0 Å². The first-order valence-electron chi connectivity index (χ1n) is 11.3. The van der Waals surface area contributed by atoms with Crippen molar-refractivity contribution < 1.29 is 14.6 Å². The van der Waals surface area contributed by atoms with Gasteiger partial charge in [0.15, 0.2) is 11.5 Å². The standard InChI is InChI=1S/C25H33N3O3/c1-4-30-19-11-9-18(10-12-19)21-17-22(20-7-6-8-23(24(20)29)31-5-2)27-25(26-21)13-15-28(3)16-14-25/h6-12,22,27,29H,4-5,13-17H2,1-3H3/t22-/m0/s1. The fraction of sp³-hybridized carbons (Fsp3) is 0.480. The second-order valence-corrected chi connectivity index (χ2v) is 8.38. The monoisotopic (exact) mass is 423 g/mol. The van der Waals surface area contributed by atoms with Crippen molar-refractivity contribution in [1.29, 1.82) is 0 Å². The minimum absolute atomic E-state index is 0.0390. The number of hydrogen-bond acceptors (Lipinski definition) is 6. The van der Waals surface area contributed by atoms with Crippen molar-refractivity contribution >= 4 is 5.71 Å². The molecule has 6 nitrogen and oxygen atoms in total. The Morgan fingerprint density at radius 3 is 2.45 bits per heavy atom. The summed E-state index contributed by atoms with van der Waals surface area (Å²) in [6.07, 6.45) is 2.58. The lowest BCUT2D eigenvalue weighted by molar-refractivity contribution is 0.144. The van der Waals surface area contributed by atoms with E-state index in [-0.39, 0.29) is 17.5 Å². The molecule has 1 spiro atoms. The Bertz CT molecular complexity index is 918. The number of nitrogens with one attached hydrogen (secondary N) is 1. The zero-order chi connectivity index (χ0) is 21.8. The van der Waals surface area contributed by atoms with E-state index < -0.39 is 0 Å². The highest BCUT2D eigenvalue weighted by Crippen LogP contribution is 2.40. The van der Waals surface area contributed by atoms with Gasteiger partial charge in [0.05, 0.1) is 13.2 Å². The van der Waals surface area contributed by atoms with Gasteiger partial charge in [0, 0.05) is 36.8 Å². The second kappa shape index (κ2) is 9.28. The Hall–Kier alpha value is -2.57. The van der Waals surface area contributed by atoms with Crippen LogP contribution in [-0.2, 0) is 0 Å². The molecular weight excluding hydrogens is 390 g/mol. The van der Waals surface area contributed by atoms with Gasteiger partial charge in [-0.2, -0.15) is 0 Å². The van der Waals surface area contributed by atoms with Crippen LogP contribution in [0.5, 0.6) is 17.2 Å². The highest BCUT2D eigenvalue weighted by atomic mass is 16.5. The number of ether oxygens (including phenoxy) is 2. The van der Waals surface area contributed by atoms with Crippen molar-refractivity contribution in [2.24, 2.45) is 4.99 Å². The van der Waals surface area contributed by atoms with Gasteiger partial charge in [-0.1, -0.05) is 12.1 Å². The summed E-state index contributed by atoms with van der Waals surface area (Å²) in [5.41, 5.74) is 2.71. The Labute approximate surface area is 184 Å². The summed E-state index contributed by atoms with van der Waals surface area (Å²) in [5, 5.41) is 14.7. The highest BCUT2D eigenvalue weighted by molar-refractivity contribution is 6.02. The predicted molar refractivity (Wildman–Crippen MR) is 123 cm³/mol. The largest absolute Gasteiger partial charge is 0.504 e. The van der Waals surface area contributed by atoms with Crippen LogP contribution in [-0.4, -0.2) is 54.7 Å². The Morgan fingerprint density at radius 2 is 1.77 bits per heavy atom. The normalized spacial score (nSPS) is 21.0. The van der Waals surface area contributed by atoms with Crippen molar-refractivity contribution in [3.05, 3.63) is 53.6 Å². The average Bonchev–Trinajstić information content (AvgIpc) is 2.78. The van der Waals surface area contributed by atoms with E-state index in [1.54, 1.807) is 0 Å². The molecule has 1 saturated heterocycles. The van der Waals surface area contributed by atoms with Crippen molar-refractivity contribution in [3.63, 3.8) is 0 Å². The molecule has 2 aliphatic rings. The van der Waals surface area contributed by atoms with Crippen LogP contribution in [0.25, 0.3) is 0 Å². The molecule has 0 unspecified atom stereocenters. The summed E-state index contributed by atoms with van der Waals surface area (Å²) in [5.74, 6) is 1.62. The van der Waals surface area contributed by atoms with E-state index in [2.05, 4.69) is 29.4 Å². The molecule has 2 aromatic carbocycles. The van der Waals surface area contributed by atoms with Crippen molar-refractivity contribution in [1.82, 2.24) is 10.2 Å². The minimum Gasteiger partial charge on any atom is -0.504 e. The number of para-hydroxylation sites is 1. The number of likely N-dealkylation sites (tertiary alicyclic amines) is 1. The molecule has 0 amide bonds. The number of aromatic hydroxyl groups is 1. The molecule has 0 bridgehead atoms. The molecule has 0 saturated carbocycles. The summed E-state index contributed by atoms with van der Waals surface area (Å²) in [6.45, 7) is 7.06. The molecule has 6 heteroatoms. The summed E-state index contributed by atoms with van der Waals surface area (Å²) in [6, 6.07) is 13.9. The molecule has 1 atom stereocenters. The lowest BCUT2D eigenvalue weighted by Gasteiger charge is -2.44. The first kappa shape index (κ1) is 21.7. The first-order valence-corrected chi connectivity index (χ1v) is 11.3. The van der Waals surface area contributed by atoms with Crippen LogP contribution in [0.4, 0.5) is 0 Å². The molecule has 0 aromatic heterocycles. The number of aliphatic imine (C=N–C) groups is 1. The Balaban J connectivity index is 1.69. The quantitative estimate of drug-likeness (QED) is 0.731. The molecule has 4 rings (SSSR count). The van der Waals surface area contributed by atoms with Gasteiger partial charge >= 0.3 is 0 Å². The van der Waals surface area contributed by atoms with Crippen LogP contribution < -0.4 is 14.8 Å². The molecule has 2 N–H and O–H groups in total. The van der Waals surface area contributed by atoms with Crippen molar-refractivity contribution in [2.75, 3.05) is 33.4 Å². The molecule has 31 heavy (non-hydrogen) atoms. The van der Waals surface area contributed by atoms with Crippen LogP contribution in [0.2, 0.25) is 0 Å². The van der Waals surface area contributed by atoms with Gasteiger partial charge < -0.3 is 19.5 Å². The van der Waals surface area contributed by atoms with E-state index in [0.29, 0.717) is 25.4 Å². The van der Waals surface area contributed by atoms with Crippen molar-refractivity contribution in [2.45, 2.75) is 44.8 Å². The van der Waals surface area contributed by atoms with Crippen LogP contribution in [0.15, 0.2) is 47.5 Å². The van der Waals surface area contributed by atoms with Gasteiger partial charge in [0.25, 0.3) is 0 Å². The number of benzene rings is 2. The van der Waals surface area contributed by atoms with Gasteiger partial charge in [-0.25, -0.2) is 0 Å². The number of phenolic OH excluding ortho intramolecular Hbond substituents is 1. The second-order valence-electron chi connectivity index (χ2n) is 8.38. The zero-order valence-corrected chi connectivity index (χ0v) is 18.7. The maximum absolute atomic E-state index is 10.9. The Morgan fingerprint density at radius 1 is 1.06 bits per heavy atom. The maximum Gasteiger partial charge on any atom is 0.162 e. The van der Waals surface area contributed by atoms with Gasteiger partial charge in [0.2, 0.25) is 0 Å². The third kappa shape index (κ3) is 4.70. The van der Waals surface area contributed by atoms with E-state index >= 15 is 0 Å². The molecule has 2 heterocycles. The number of hydrogen-bond donors (Lipinski definition) is 2. The van der Waals surface area contributed by atoms with Gasteiger partial charge in [-0.3, -0.25) is 10.3 Å². The molecule has 1 fully saturated rings. The topological polar surface area (TPSA) is 66.3 Å². The molecule has 166 valence electrons. The van der Waals surface area contributed by atoms with Gasteiger partial charge in [-0.15, -0.1) is 0 Å². The lowest BCUT2D eigenvalue weighted by atomic mass is 9.87. The smallest absolute Gasteiger partial charge is 0.162 e. The molecule has 2 aromatic rings. The molecular formula is C25H33N3O3. The first-order chi connectivity index (χ1) is 15.0. The summed E-state index contributed by atoms with van der Waals surface area (Å²) < 4.78 is 11.2. The van der Waals surface area contributed by atoms with Crippen LogP contribution >= 0.6 is 0 Å². The summed E-state index contributed by atoms with van der Waals surface area (Å²) in [4.78, 5) is 7.59. The summed E-state index contributed by atoms with van der Waals surface area (Å²) in [7, 11) is 2.15. The molecule has 0 radical (unpaired) electrons. The lowest BCUT2D eigenvalue weighted by Crippen LogP contribution is -2.55. The number of rotatable bonds is 6. The average molecular weight is 424 g/mol. The summed E-state index contributed by atoms with van der Waals surface area (Å²) >= 11 is 0. The highest BCUT2D eigenvalue weighted by Gasteiger charge is 2.40. The predicted octanol–water partition coefficient (Wildman–Crippen LogP) is 4.14. The zero-order valence-electron chi connectivity index (χ0n) is 18.7. The Kier molecular flexibility index (Phi) is 6.49. The third-order valence-corrected chi connectivity index (χ3v) is 6.21. The molecule has 0 aliphatic carbocycles. The number of nitrogens with zero attached hydrogens (tertiary/aromatic N) is 2. The van der Waals surface area contributed by atoms with Gasteiger partial charge in [-0.05, 0) is 69.6 Å². The number of piperidine rings is 1. The fourth-order valence-electron chi connectivity index (χ4n) is 4.52. The van der Waals surface area contributed by atoms with Crippen LogP contribution in [0.1, 0.15) is 50.3 Å². The van der Waals surface area contributed by atoms with E-state index in [1.807, 2.05) is 44.2 Å². The van der Waals surface area contributed by atoms with Crippen LogP contribution in [0.3, 0.4) is 0 Å². The van der Waals surface area contributed by atoms with E-state index in [1.165, 1.54) is 0 Å². The van der Waals surface area contributed by atoms with E-state index in [9.17, 15) is 5.11 Å².